The molecule has 3 rings (SSSR count). The maximum atomic E-state index is 13.1. The van der Waals surface area contributed by atoms with Crippen molar-refractivity contribution in [2.24, 2.45) is 0 Å². The third kappa shape index (κ3) is 3.17. The van der Waals surface area contributed by atoms with Crippen LogP contribution in [-0.4, -0.2) is 36.5 Å². The lowest BCUT2D eigenvalue weighted by Gasteiger charge is -2.26. The molecular weight excluding hydrogens is 279 g/mol. The van der Waals surface area contributed by atoms with E-state index < -0.39 is 5.41 Å². The lowest BCUT2D eigenvalue weighted by molar-refractivity contribution is -0.124. The molecule has 0 unspecified atom stereocenters. The minimum absolute atomic E-state index is 0.116. The first-order valence-corrected chi connectivity index (χ1v) is 8.43. The second-order valence-corrected chi connectivity index (χ2v) is 6.68. The van der Waals surface area contributed by atoms with Crippen LogP contribution in [0.15, 0.2) is 24.3 Å². The normalized spacial score (nSPS) is 21.5. The molecule has 1 aromatic carbocycles. The van der Waals surface area contributed by atoms with Crippen LogP contribution < -0.4 is 5.32 Å². The monoisotopic (exact) mass is 304 g/mol. The zero-order valence-electron chi connectivity index (χ0n) is 13.3. The van der Waals surface area contributed by atoms with Crippen LogP contribution in [0.5, 0.6) is 0 Å². The fourth-order valence-corrected chi connectivity index (χ4v) is 3.42. The number of benzene rings is 1. The minimum atomic E-state index is -0.411. The maximum absolute atomic E-state index is 13.1. The van der Waals surface area contributed by atoms with E-state index in [1.54, 1.807) is 12.1 Å². The lowest BCUT2D eigenvalue weighted by atomic mass is 9.94. The first-order chi connectivity index (χ1) is 10.6. The molecule has 4 heteroatoms. The molecule has 1 saturated carbocycles. The highest BCUT2D eigenvalue weighted by Gasteiger charge is 2.51. The Kier molecular flexibility index (Phi) is 4.48. The quantitative estimate of drug-likeness (QED) is 0.876. The fourth-order valence-electron chi connectivity index (χ4n) is 3.42. The average Bonchev–Trinajstić information content (AvgIpc) is 3.18. The first kappa shape index (κ1) is 15.5. The van der Waals surface area contributed by atoms with E-state index in [-0.39, 0.29) is 17.8 Å². The van der Waals surface area contributed by atoms with Crippen molar-refractivity contribution < 1.29 is 9.18 Å². The van der Waals surface area contributed by atoms with Gasteiger partial charge in [0.15, 0.2) is 0 Å². The Morgan fingerprint density at radius 3 is 2.45 bits per heavy atom. The Bertz CT molecular complexity index is 518. The number of amides is 1. The van der Waals surface area contributed by atoms with Crippen molar-refractivity contribution in [1.82, 2.24) is 10.2 Å². The van der Waals surface area contributed by atoms with Crippen LogP contribution >= 0.6 is 0 Å². The first-order valence-electron chi connectivity index (χ1n) is 8.43. The molecule has 1 atom stereocenters. The molecule has 1 aromatic rings. The van der Waals surface area contributed by atoms with Crippen molar-refractivity contribution in [3.05, 3.63) is 35.6 Å². The van der Waals surface area contributed by atoms with Crippen molar-refractivity contribution in [2.75, 3.05) is 19.6 Å². The Balaban J connectivity index is 1.63. The van der Waals surface area contributed by atoms with Crippen LogP contribution in [0, 0.1) is 5.82 Å². The maximum Gasteiger partial charge on any atom is 0.230 e. The van der Waals surface area contributed by atoms with E-state index >= 15 is 0 Å². The summed E-state index contributed by atoms with van der Waals surface area (Å²) in [6.07, 6.45) is 5.21. The highest BCUT2D eigenvalue weighted by Crippen LogP contribution is 2.48. The number of hydrogen-bond acceptors (Lipinski definition) is 2. The van der Waals surface area contributed by atoms with Gasteiger partial charge in [-0.2, -0.15) is 0 Å². The summed E-state index contributed by atoms with van der Waals surface area (Å²) in [7, 11) is 0. The van der Waals surface area contributed by atoms with Gasteiger partial charge >= 0.3 is 0 Å². The van der Waals surface area contributed by atoms with E-state index in [2.05, 4.69) is 17.1 Å². The second kappa shape index (κ2) is 6.37. The van der Waals surface area contributed by atoms with Crippen LogP contribution in [0.2, 0.25) is 0 Å². The zero-order chi connectivity index (χ0) is 15.6. The third-order valence-electron chi connectivity index (χ3n) is 5.09. The Hall–Kier alpha value is -1.42. The van der Waals surface area contributed by atoms with Gasteiger partial charge in [-0.25, -0.2) is 4.39 Å². The summed E-state index contributed by atoms with van der Waals surface area (Å²) in [5.74, 6) is -0.134. The van der Waals surface area contributed by atoms with Gasteiger partial charge in [-0.05, 0) is 62.9 Å². The smallest absolute Gasteiger partial charge is 0.230 e. The molecule has 120 valence electrons. The van der Waals surface area contributed by atoms with Crippen LogP contribution in [0.3, 0.4) is 0 Å². The van der Waals surface area contributed by atoms with Gasteiger partial charge in [-0.1, -0.05) is 19.1 Å². The topological polar surface area (TPSA) is 32.3 Å². The Morgan fingerprint density at radius 1 is 1.27 bits per heavy atom. The number of likely N-dealkylation sites (tertiary alicyclic amines) is 1. The van der Waals surface area contributed by atoms with Gasteiger partial charge in [-0.15, -0.1) is 0 Å². The predicted molar refractivity (Wildman–Crippen MR) is 85.2 cm³/mol. The van der Waals surface area contributed by atoms with Gasteiger partial charge in [0.25, 0.3) is 0 Å². The number of hydrogen-bond donors (Lipinski definition) is 1. The fraction of sp³-hybridized carbons (Fsp3) is 0.611. The summed E-state index contributed by atoms with van der Waals surface area (Å²) in [5, 5.41) is 3.24. The standard InChI is InChI=1S/C18H25FN2O/c1-2-16(13-21-11-3-4-12-21)20-17(22)18(9-10-18)14-5-7-15(19)8-6-14/h5-8,16H,2-4,9-13H2,1H3,(H,20,22)/t16-/m1/s1. The van der Waals surface area contributed by atoms with Crippen LogP contribution in [0.25, 0.3) is 0 Å². The minimum Gasteiger partial charge on any atom is -0.351 e. The zero-order valence-corrected chi connectivity index (χ0v) is 13.3. The number of nitrogens with zero attached hydrogens (tertiary/aromatic N) is 1. The molecule has 1 heterocycles. The van der Waals surface area contributed by atoms with Gasteiger partial charge in [0, 0.05) is 12.6 Å². The van der Waals surface area contributed by atoms with E-state index in [0.717, 1.165) is 44.5 Å². The van der Waals surface area contributed by atoms with E-state index in [4.69, 9.17) is 0 Å². The summed E-state index contributed by atoms with van der Waals surface area (Å²) in [6, 6.07) is 6.62. The molecule has 3 nitrogen and oxygen atoms in total. The van der Waals surface area contributed by atoms with Crippen molar-refractivity contribution in [1.29, 1.82) is 0 Å². The molecule has 1 N–H and O–H groups in total. The lowest BCUT2D eigenvalue weighted by Crippen LogP contribution is -2.46. The number of halogens is 1. The second-order valence-electron chi connectivity index (χ2n) is 6.68. The Labute approximate surface area is 131 Å². The van der Waals surface area contributed by atoms with Gasteiger partial charge in [0.1, 0.15) is 5.82 Å². The molecule has 0 radical (unpaired) electrons. The van der Waals surface area contributed by atoms with Crippen molar-refractivity contribution in [3.8, 4) is 0 Å². The van der Waals surface area contributed by atoms with E-state index in [9.17, 15) is 9.18 Å². The number of nitrogens with one attached hydrogen (secondary N) is 1. The molecule has 2 aliphatic rings. The van der Waals surface area contributed by atoms with Gasteiger partial charge in [-0.3, -0.25) is 4.79 Å². The van der Waals surface area contributed by atoms with Crippen LogP contribution in [-0.2, 0) is 10.2 Å². The Morgan fingerprint density at radius 2 is 1.91 bits per heavy atom. The molecule has 1 amide bonds. The van der Waals surface area contributed by atoms with Gasteiger partial charge in [0.2, 0.25) is 5.91 Å². The van der Waals surface area contributed by atoms with Crippen molar-refractivity contribution in [2.45, 2.75) is 50.5 Å². The molecule has 1 aliphatic heterocycles. The third-order valence-corrected chi connectivity index (χ3v) is 5.09. The number of carbonyl (C=O) groups is 1. The highest BCUT2D eigenvalue weighted by molar-refractivity contribution is 5.91. The van der Waals surface area contributed by atoms with Crippen molar-refractivity contribution >= 4 is 5.91 Å². The molecule has 0 bridgehead atoms. The molecule has 2 fully saturated rings. The largest absolute Gasteiger partial charge is 0.351 e. The molecule has 1 saturated heterocycles. The van der Waals surface area contributed by atoms with E-state index in [1.165, 1.54) is 25.0 Å². The number of carbonyl (C=O) groups excluding carboxylic acids is 1. The SMILES string of the molecule is CC[C@H](CN1CCCC1)NC(=O)C1(c2ccc(F)cc2)CC1. The summed E-state index contributed by atoms with van der Waals surface area (Å²) >= 11 is 0. The van der Waals surface area contributed by atoms with Crippen LogP contribution in [0.4, 0.5) is 4.39 Å². The van der Waals surface area contributed by atoms with E-state index in [1.807, 2.05) is 0 Å². The van der Waals surface area contributed by atoms with E-state index in [0.29, 0.717) is 0 Å². The molecule has 1 aliphatic carbocycles. The van der Waals surface area contributed by atoms with Gasteiger partial charge in [0.05, 0.1) is 5.41 Å². The average molecular weight is 304 g/mol. The summed E-state index contributed by atoms with van der Waals surface area (Å²) in [6.45, 7) is 5.37. The van der Waals surface area contributed by atoms with Crippen molar-refractivity contribution in [3.63, 3.8) is 0 Å². The highest BCUT2D eigenvalue weighted by atomic mass is 19.1. The summed E-state index contributed by atoms with van der Waals surface area (Å²) < 4.78 is 13.1. The summed E-state index contributed by atoms with van der Waals surface area (Å²) in [4.78, 5) is 15.2. The molecule has 22 heavy (non-hydrogen) atoms. The molecule has 0 spiro atoms. The van der Waals surface area contributed by atoms with Gasteiger partial charge < -0.3 is 10.2 Å². The molecular formula is C18H25FN2O. The van der Waals surface area contributed by atoms with Crippen LogP contribution in [0.1, 0.15) is 44.6 Å². The predicted octanol–water partition coefficient (Wildman–Crippen LogP) is 2.85. The number of rotatable bonds is 6. The molecule has 0 aromatic heterocycles. The summed E-state index contributed by atoms with van der Waals surface area (Å²) in [5.41, 5.74) is 0.536.